The summed E-state index contributed by atoms with van der Waals surface area (Å²) in [5.41, 5.74) is 1.45. The Morgan fingerprint density at radius 3 is 3.11 bits per heavy atom. The summed E-state index contributed by atoms with van der Waals surface area (Å²) in [5, 5.41) is 2.68. The first kappa shape index (κ1) is 12.6. The molecule has 4 nitrogen and oxygen atoms in total. The number of rotatable bonds is 2. The van der Waals surface area contributed by atoms with Gasteiger partial charge < -0.3 is 25.0 Å². The molecule has 19 heavy (non-hydrogen) atoms. The van der Waals surface area contributed by atoms with Gasteiger partial charge in [0.1, 0.15) is 6.61 Å². The van der Waals surface area contributed by atoms with E-state index < -0.39 is 11.8 Å². The Morgan fingerprint density at radius 2 is 2.32 bits per heavy atom. The molecule has 2 aliphatic rings. The number of fused-ring (bicyclic) bond motifs is 3. The minimum atomic E-state index is -2.88. The highest BCUT2D eigenvalue weighted by atomic mass is 28.1. The number of pyridine rings is 1. The Labute approximate surface area is 112 Å². The number of nitrogens with one attached hydrogen (secondary N) is 1. The number of hydrogen-bond donors (Lipinski definition) is 1. The zero-order valence-corrected chi connectivity index (χ0v) is 11.0. The molecule has 0 aromatic carbocycles. The Balaban J connectivity index is 2.00. The fourth-order valence-electron chi connectivity index (χ4n) is 2.33. The Kier molecular flexibility index (Phi) is 3.02. The maximum atomic E-state index is 12.2. The highest BCUT2D eigenvalue weighted by Crippen LogP contribution is 2.37. The molecule has 100 valence electrons. The van der Waals surface area contributed by atoms with E-state index in [1.807, 2.05) is 6.08 Å². The van der Waals surface area contributed by atoms with Crippen molar-refractivity contribution in [2.24, 2.45) is 0 Å². The molecule has 1 N–H and O–H groups in total. The summed E-state index contributed by atoms with van der Waals surface area (Å²) in [4.78, 5) is 4.06. The monoisotopic (exact) mass is 281 g/mol. The van der Waals surface area contributed by atoms with Crippen molar-refractivity contribution in [2.45, 2.75) is 24.8 Å². The van der Waals surface area contributed by atoms with Gasteiger partial charge in [-0.25, -0.2) is 4.98 Å². The van der Waals surface area contributed by atoms with Gasteiger partial charge in [-0.15, -0.1) is 0 Å². The van der Waals surface area contributed by atoms with Crippen LogP contribution in [0.4, 0.5) is 8.78 Å². The van der Waals surface area contributed by atoms with E-state index in [2.05, 4.69) is 25.3 Å². The average molecular weight is 281 g/mol. The van der Waals surface area contributed by atoms with Crippen molar-refractivity contribution in [3.63, 3.8) is 0 Å². The molecule has 0 amide bonds. The van der Waals surface area contributed by atoms with E-state index in [1.54, 1.807) is 6.07 Å². The van der Waals surface area contributed by atoms with Gasteiger partial charge in [0.05, 0.1) is 11.5 Å². The summed E-state index contributed by atoms with van der Waals surface area (Å²) in [6, 6.07) is 3.16. The molecule has 2 aliphatic heterocycles. The van der Waals surface area contributed by atoms with Crippen LogP contribution >= 0.6 is 0 Å². The van der Waals surface area contributed by atoms with E-state index in [-0.39, 0.29) is 12.5 Å². The second-order valence-corrected chi connectivity index (χ2v) is 5.09. The molecule has 2 radical (unpaired) electrons. The molecule has 1 atom stereocenters. The highest BCUT2D eigenvalue weighted by Gasteiger charge is 2.31. The second kappa shape index (κ2) is 4.57. The van der Waals surface area contributed by atoms with Gasteiger partial charge in [-0.1, -0.05) is 11.2 Å². The molecule has 1 aromatic rings. The lowest BCUT2D eigenvalue weighted by Crippen LogP contribution is -2.50. The molecular formula is C12H11F2N2O2Si-. The summed E-state index contributed by atoms with van der Waals surface area (Å²) in [7, 11) is 3.67. The lowest BCUT2D eigenvalue weighted by atomic mass is 9.96. The van der Waals surface area contributed by atoms with Gasteiger partial charge in [0.15, 0.2) is 0 Å². The first-order chi connectivity index (χ1) is 9.09. The predicted octanol–water partition coefficient (Wildman–Crippen LogP) is 1.41. The summed E-state index contributed by atoms with van der Waals surface area (Å²) in [6.07, 6.45) is 2.90. The van der Waals surface area contributed by atoms with Gasteiger partial charge >= 0.3 is 6.61 Å². The fraction of sp³-hybridized carbons (Fsp3) is 0.417. The smallest absolute Gasteiger partial charge is 0.388 e. The second-order valence-electron chi connectivity index (χ2n) is 4.34. The Morgan fingerprint density at radius 1 is 1.47 bits per heavy atom. The summed E-state index contributed by atoms with van der Waals surface area (Å²) in [5.74, 6) is 0.683. The van der Waals surface area contributed by atoms with Gasteiger partial charge in [0.2, 0.25) is 5.88 Å². The topological polar surface area (TPSA) is 43.4 Å². The molecular weight excluding hydrogens is 270 g/mol. The largest absolute Gasteiger partial charge is 0.626 e. The maximum absolute atomic E-state index is 12.2. The summed E-state index contributed by atoms with van der Waals surface area (Å²) < 4.78 is 34.3. The molecule has 0 bridgehead atoms. The van der Waals surface area contributed by atoms with E-state index in [0.29, 0.717) is 5.69 Å². The van der Waals surface area contributed by atoms with Crippen molar-refractivity contribution in [3.05, 3.63) is 35.2 Å². The van der Waals surface area contributed by atoms with Crippen LogP contribution in [0.25, 0.3) is 0 Å². The van der Waals surface area contributed by atoms with Crippen LogP contribution < -0.4 is 10.1 Å². The van der Waals surface area contributed by atoms with Crippen molar-refractivity contribution < 1.29 is 18.3 Å². The van der Waals surface area contributed by atoms with Gasteiger partial charge in [-0.2, -0.15) is 8.78 Å². The van der Waals surface area contributed by atoms with Crippen molar-refractivity contribution >= 4 is 10.2 Å². The molecule has 3 rings (SSSR count). The van der Waals surface area contributed by atoms with Crippen molar-refractivity contribution in [3.8, 4) is 5.88 Å². The fourth-order valence-corrected chi connectivity index (χ4v) is 2.86. The molecule has 3 heterocycles. The first-order valence-electron chi connectivity index (χ1n) is 5.88. The van der Waals surface area contributed by atoms with Crippen molar-refractivity contribution in [1.82, 2.24) is 10.3 Å². The Bertz CT molecular complexity index is 538. The lowest BCUT2D eigenvalue weighted by molar-refractivity contribution is -0.0532. The summed E-state index contributed by atoms with van der Waals surface area (Å²) in [6.45, 7) is -1.84. The third kappa shape index (κ3) is 2.12. The van der Waals surface area contributed by atoms with Crippen LogP contribution in [0.5, 0.6) is 5.88 Å². The lowest BCUT2D eigenvalue weighted by Gasteiger charge is -2.51. The molecule has 0 aliphatic carbocycles. The minimum Gasteiger partial charge on any atom is -0.626 e. The van der Waals surface area contributed by atoms with E-state index in [9.17, 15) is 8.78 Å². The third-order valence-electron chi connectivity index (χ3n) is 3.16. The SMILES string of the molecule is FC(F)Oc1ccc2c(n1)COC1=CCCN[C@]12[Si-]. The van der Waals surface area contributed by atoms with Gasteiger partial charge in [-0.3, -0.25) is 0 Å². The number of ether oxygens (including phenoxy) is 2. The van der Waals surface area contributed by atoms with Crippen LogP contribution in [-0.2, 0) is 16.5 Å². The third-order valence-corrected chi connectivity index (χ3v) is 3.85. The minimum absolute atomic E-state index is 0.101. The van der Waals surface area contributed by atoms with Crippen molar-refractivity contribution in [1.29, 1.82) is 0 Å². The zero-order chi connectivity index (χ0) is 13.5. The molecule has 0 fully saturated rings. The van der Waals surface area contributed by atoms with Crippen LogP contribution in [0.1, 0.15) is 17.7 Å². The highest BCUT2D eigenvalue weighted by molar-refractivity contribution is 6.18. The van der Waals surface area contributed by atoms with Crippen LogP contribution in [-0.4, -0.2) is 28.4 Å². The number of aromatic nitrogens is 1. The molecule has 0 saturated heterocycles. The molecule has 0 spiro atoms. The maximum Gasteiger partial charge on any atom is 0.388 e. The first-order valence-corrected chi connectivity index (χ1v) is 6.38. The standard InChI is InChI=1S/C12H11F2N2O2Si/c13-11(14)18-10-4-3-7-8(16-10)6-17-9-2-1-5-15-12(7,9)19/h2-4,11,15H,1,5-6H2/q-1/t12-/m1/s1. The molecule has 0 saturated carbocycles. The number of hydrogen-bond acceptors (Lipinski definition) is 4. The average Bonchev–Trinajstić information content (AvgIpc) is 2.37. The number of nitrogens with zero attached hydrogens (tertiary/aromatic N) is 1. The predicted molar refractivity (Wildman–Crippen MR) is 63.8 cm³/mol. The molecule has 1 aromatic heterocycles. The van der Waals surface area contributed by atoms with Crippen LogP contribution in [0.2, 0.25) is 0 Å². The summed E-state index contributed by atoms with van der Waals surface area (Å²) >= 11 is 0. The van der Waals surface area contributed by atoms with E-state index >= 15 is 0 Å². The van der Waals surface area contributed by atoms with Gasteiger partial charge in [0, 0.05) is 6.07 Å². The van der Waals surface area contributed by atoms with E-state index in [0.717, 1.165) is 24.3 Å². The van der Waals surface area contributed by atoms with Crippen LogP contribution in [0.3, 0.4) is 0 Å². The van der Waals surface area contributed by atoms with E-state index in [1.165, 1.54) is 6.07 Å². The quantitative estimate of drug-likeness (QED) is 0.833. The number of halogens is 2. The van der Waals surface area contributed by atoms with E-state index in [4.69, 9.17) is 4.74 Å². The van der Waals surface area contributed by atoms with Crippen molar-refractivity contribution in [2.75, 3.05) is 6.54 Å². The van der Waals surface area contributed by atoms with Gasteiger partial charge in [0.25, 0.3) is 0 Å². The Hall–Kier alpha value is -1.47. The zero-order valence-electron chi connectivity index (χ0n) is 9.95. The number of alkyl halides is 2. The van der Waals surface area contributed by atoms with Crippen LogP contribution in [0.15, 0.2) is 24.0 Å². The molecule has 0 unspecified atom stereocenters. The molecule has 7 heteroatoms. The van der Waals surface area contributed by atoms with Crippen LogP contribution in [0, 0.1) is 0 Å². The normalized spacial score (nSPS) is 25.2. The van der Waals surface area contributed by atoms with Gasteiger partial charge in [-0.05, 0) is 24.6 Å².